The average molecular weight is 409 g/mol. The number of rotatable bonds is 8. The predicted molar refractivity (Wildman–Crippen MR) is 92.4 cm³/mol. The smallest absolute Gasteiger partial charge is 0.250 e. The van der Waals surface area contributed by atoms with Crippen LogP contribution in [0.25, 0.3) is 0 Å². The molecule has 0 saturated heterocycles. The van der Waals surface area contributed by atoms with Crippen molar-refractivity contribution in [2.45, 2.75) is 30.6 Å². The van der Waals surface area contributed by atoms with E-state index in [1.807, 2.05) is 17.5 Å². The van der Waals surface area contributed by atoms with Gasteiger partial charge in [0.25, 0.3) is 0 Å². The van der Waals surface area contributed by atoms with Crippen molar-refractivity contribution in [1.82, 2.24) is 10.0 Å². The van der Waals surface area contributed by atoms with E-state index in [-0.39, 0.29) is 0 Å². The molecule has 2 N–H and O–H groups in total. The van der Waals surface area contributed by atoms with Crippen LogP contribution in [0.4, 0.5) is 0 Å². The molecule has 2 rings (SSSR count). The molecule has 2 aromatic heterocycles. The molecule has 0 spiro atoms. The van der Waals surface area contributed by atoms with Crippen LogP contribution >= 0.6 is 38.6 Å². The summed E-state index contributed by atoms with van der Waals surface area (Å²) < 4.78 is 28.4. The van der Waals surface area contributed by atoms with E-state index in [0.29, 0.717) is 17.3 Å². The zero-order valence-electron chi connectivity index (χ0n) is 11.6. The van der Waals surface area contributed by atoms with Crippen LogP contribution in [0, 0.1) is 0 Å². The molecule has 0 unspecified atom stereocenters. The van der Waals surface area contributed by atoms with Crippen molar-refractivity contribution in [2.75, 3.05) is 6.54 Å². The van der Waals surface area contributed by atoms with Gasteiger partial charge in [0, 0.05) is 32.7 Å². The molecule has 0 fully saturated rings. The monoisotopic (exact) mass is 408 g/mol. The summed E-state index contributed by atoms with van der Waals surface area (Å²) in [5, 5.41) is 5.21. The molecule has 0 aliphatic carbocycles. The third kappa shape index (κ3) is 5.15. The fourth-order valence-electron chi connectivity index (χ4n) is 1.67. The fraction of sp³-hybridized carbons (Fsp3) is 0.385. The molecule has 0 bridgehead atoms. The molecule has 0 aliphatic heterocycles. The van der Waals surface area contributed by atoms with E-state index in [2.05, 4.69) is 32.9 Å². The van der Waals surface area contributed by atoms with Crippen molar-refractivity contribution in [3.63, 3.8) is 0 Å². The van der Waals surface area contributed by atoms with Crippen molar-refractivity contribution in [2.24, 2.45) is 0 Å². The SMILES string of the molecule is CCCNCc1ccc(S(=O)(=O)NCc2cc(Br)cs2)s1. The minimum atomic E-state index is -3.43. The molecule has 0 aliphatic rings. The van der Waals surface area contributed by atoms with Gasteiger partial charge in [-0.1, -0.05) is 6.92 Å². The highest BCUT2D eigenvalue weighted by Crippen LogP contribution is 2.23. The van der Waals surface area contributed by atoms with Crippen LogP contribution in [0.3, 0.4) is 0 Å². The first-order chi connectivity index (χ1) is 10.0. The molecular weight excluding hydrogens is 392 g/mol. The Balaban J connectivity index is 1.95. The van der Waals surface area contributed by atoms with Crippen molar-refractivity contribution in [3.8, 4) is 0 Å². The third-order valence-electron chi connectivity index (χ3n) is 2.69. The first-order valence-corrected chi connectivity index (χ1v) is 10.5. The lowest BCUT2D eigenvalue weighted by Crippen LogP contribution is -2.21. The van der Waals surface area contributed by atoms with E-state index in [1.54, 1.807) is 6.07 Å². The molecule has 8 heteroatoms. The lowest BCUT2D eigenvalue weighted by molar-refractivity contribution is 0.584. The lowest BCUT2D eigenvalue weighted by atomic mass is 10.4. The summed E-state index contributed by atoms with van der Waals surface area (Å²) in [6.45, 7) is 4.07. The van der Waals surface area contributed by atoms with E-state index in [1.165, 1.54) is 22.7 Å². The maximum atomic E-state index is 12.2. The molecule has 2 heterocycles. The highest BCUT2D eigenvalue weighted by molar-refractivity contribution is 9.10. The predicted octanol–water partition coefficient (Wildman–Crippen LogP) is 3.55. The number of thiophene rings is 2. The fourth-order valence-corrected chi connectivity index (χ4v) is 5.53. The quantitative estimate of drug-likeness (QED) is 0.656. The normalized spacial score (nSPS) is 11.9. The Hall–Kier alpha value is -0.250. The topological polar surface area (TPSA) is 58.2 Å². The van der Waals surface area contributed by atoms with Gasteiger partial charge in [0.05, 0.1) is 0 Å². The van der Waals surface area contributed by atoms with Crippen LogP contribution in [-0.2, 0) is 23.1 Å². The first-order valence-electron chi connectivity index (χ1n) is 6.53. The Bertz CT molecular complexity index is 679. The second-order valence-electron chi connectivity index (χ2n) is 4.45. The van der Waals surface area contributed by atoms with Gasteiger partial charge in [-0.3, -0.25) is 0 Å². The van der Waals surface area contributed by atoms with Crippen LogP contribution in [0.5, 0.6) is 0 Å². The molecule has 0 atom stereocenters. The van der Waals surface area contributed by atoms with E-state index in [9.17, 15) is 8.42 Å². The van der Waals surface area contributed by atoms with E-state index in [4.69, 9.17) is 0 Å². The minimum absolute atomic E-state index is 0.319. The van der Waals surface area contributed by atoms with E-state index >= 15 is 0 Å². The molecular formula is C13H17BrN2O2S3. The summed E-state index contributed by atoms with van der Waals surface area (Å²) in [5.74, 6) is 0. The van der Waals surface area contributed by atoms with Gasteiger partial charge >= 0.3 is 0 Å². The number of hydrogen-bond donors (Lipinski definition) is 2. The molecule has 0 aromatic carbocycles. The zero-order valence-corrected chi connectivity index (χ0v) is 15.6. The standard InChI is InChI=1S/C13H17BrN2O2S3/c1-2-5-15-7-11-3-4-13(20-11)21(17,18)16-8-12-6-10(14)9-19-12/h3-4,6,9,15-16H,2,5,7-8H2,1H3. The van der Waals surface area contributed by atoms with Crippen LogP contribution in [-0.4, -0.2) is 15.0 Å². The largest absolute Gasteiger partial charge is 0.312 e. The maximum Gasteiger partial charge on any atom is 0.250 e. The first kappa shape index (κ1) is 17.1. The Morgan fingerprint density at radius 1 is 1.24 bits per heavy atom. The highest BCUT2D eigenvalue weighted by Gasteiger charge is 2.16. The average Bonchev–Trinajstić information content (AvgIpc) is 3.06. The van der Waals surface area contributed by atoms with Gasteiger partial charge < -0.3 is 5.32 Å². The second kappa shape index (κ2) is 7.85. The third-order valence-corrected chi connectivity index (χ3v) is 7.36. The summed E-state index contributed by atoms with van der Waals surface area (Å²) >= 11 is 6.19. The number of sulfonamides is 1. The maximum absolute atomic E-state index is 12.2. The molecule has 4 nitrogen and oxygen atoms in total. The molecule has 2 aromatic rings. The molecule has 0 saturated carbocycles. The van der Waals surface area contributed by atoms with Crippen molar-refractivity contribution >= 4 is 48.6 Å². The second-order valence-corrected chi connectivity index (χ2v) is 9.53. The molecule has 116 valence electrons. The highest BCUT2D eigenvalue weighted by atomic mass is 79.9. The molecule has 0 amide bonds. The van der Waals surface area contributed by atoms with Crippen LogP contribution in [0.1, 0.15) is 23.1 Å². The number of nitrogens with one attached hydrogen (secondary N) is 2. The summed E-state index contributed by atoms with van der Waals surface area (Å²) in [4.78, 5) is 2.01. The van der Waals surface area contributed by atoms with Gasteiger partial charge in [-0.25, -0.2) is 13.1 Å². The van der Waals surface area contributed by atoms with Gasteiger partial charge in [-0.15, -0.1) is 22.7 Å². The van der Waals surface area contributed by atoms with Crippen LogP contribution in [0.2, 0.25) is 0 Å². The van der Waals surface area contributed by atoms with E-state index < -0.39 is 10.0 Å². The van der Waals surface area contributed by atoms with Gasteiger partial charge in [0.1, 0.15) is 4.21 Å². The summed E-state index contributed by atoms with van der Waals surface area (Å²) in [6.07, 6.45) is 1.06. The lowest BCUT2D eigenvalue weighted by Gasteiger charge is -2.03. The van der Waals surface area contributed by atoms with Crippen molar-refractivity contribution in [1.29, 1.82) is 0 Å². The number of halogens is 1. The van der Waals surface area contributed by atoms with Crippen LogP contribution < -0.4 is 10.0 Å². The van der Waals surface area contributed by atoms with Crippen molar-refractivity contribution in [3.05, 3.63) is 37.8 Å². The Labute approximate surface area is 141 Å². The summed E-state index contributed by atoms with van der Waals surface area (Å²) in [7, 11) is -3.43. The van der Waals surface area contributed by atoms with Gasteiger partial charge in [0.15, 0.2) is 0 Å². The summed E-state index contributed by atoms with van der Waals surface area (Å²) in [5.41, 5.74) is 0. The molecule has 0 radical (unpaired) electrons. The number of hydrogen-bond acceptors (Lipinski definition) is 5. The zero-order chi connectivity index (χ0) is 15.3. The Morgan fingerprint density at radius 3 is 2.71 bits per heavy atom. The van der Waals surface area contributed by atoms with Crippen LogP contribution in [0.15, 0.2) is 32.3 Å². The Kier molecular flexibility index (Phi) is 6.39. The Morgan fingerprint density at radius 2 is 2.05 bits per heavy atom. The molecule has 21 heavy (non-hydrogen) atoms. The van der Waals surface area contributed by atoms with E-state index in [0.717, 1.165) is 27.2 Å². The van der Waals surface area contributed by atoms with Gasteiger partial charge in [-0.2, -0.15) is 0 Å². The van der Waals surface area contributed by atoms with Crippen molar-refractivity contribution < 1.29 is 8.42 Å². The minimum Gasteiger partial charge on any atom is -0.312 e. The van der Waals surface area contributed by atoms with Gasteiger partial charge in [-0.05, 0) is 47.1 Å². The summed E-state index contributed by atoms with van der Waals surface area (Å²) in [6, 6.07) is 5.45. The van der Waals surface area contributed by atoms with Gasteiger partial charge in [0.2, 0.25) is 10.0 Å².